The van der Waals surface area contributed by atoms with Crippen LogP contribution in [0, 0.1) is 5.82 Å². The Bertz CT molecular complexity index is 280. The maximum absolute atomic E-state index is 12.6. The molecule has 1 heterocycles. The van der Waals surface area contributed by atoms with Crippen LogP contribution in [0.4, 0.5) is 4.39 Å². The number of aromatic nitrogens is 1. The van der Waals surface area contributed by atoms with E-state index in [2.05, 4.69) is 4.98 Å². The molecule has 5 heteroatoms. The molecular formula is C7H7ClFNO2. The number of halogens is 2. The molecule has 0 amide bonds. The van der Waals surface area contributed by atoms with Gasteiger partial charge < -0.3 is 5.11 Å². The predicted octanol–water partition coefficient (Wildman–Crippen LogP) is 1.27. The Morgan fingerprint density at radius 3 is 2.83 bits per heavy atom. The van der Waals surface area contributed by atoms with Gasteiger partial charge in [-0.05, 0) is 12.1 Å². The fraction of sp³-hybridized carbons (Fsp3) is 0.143. The van der Waals surface area contributed by atoms with E-state index in [1.54, 1.807) is 0 Å². The molecule has 0 atom stereocenters. The Hall–Kier alpha value is -1.16. The Balaban J connectivity index is 0.00000121. The van der Waals surface area contributed by atoms with Gasteiger partial charge in [-0.1, -0.05) is 0 Å². The molecule has 0 bridgehead atoms. The van der Waals surface area contributed by atoms with Gasteiger partial charge in [-0.25, -0.2) is 4.39 Å². The van der Waals surface area contributed by atoms with Gasteiger partial charge >= 0.3 is 5.97 Å². The molecule has 1 rings (SSSR count). The second kappa shape index (κ2) is 4.66. The van der Waals surface area contributed by atoms with Crippen molar-refractivity contribution in [2.24, 2.45) is 0 Å². The number of nitrogens with zero attached hydrogens (tertiary/aromatic N) is 1. The molecule has 0 radical (unpaired) electrons. The molecule has 0 aliphatic rings. The van der Waals surface area contributed by atoms with Crippen molar-refractivity contribution >= 4 is 18.4 Å². The van der Waals surface area contributed by atoms with E-state index < -0.39 is 11.8 Å². The monoisotopic (exact) mass is 191 g/mol. The van der Waals surface area contributed by atoms with Crippen molar-refractivity contribution in [1.82, 2.24) is 4.98 Å². The van der Waals surface area contributed by atoms with Crippen molar-refractivity contribution in [2.45, 2.75) is 6.42 Å². The summed E-state index contributed by atoms with van der Waals surface area (Å²) in [6.07, 6.45) is 0.994. The summed E-state index contributed by atoms with van der Waals surface area (Å²) >= 11 is 0. The molecule has 1 N–H and O–H groups in total. The van der Waals surface area contributed by atoms with E-state index in [1.165, 1.54) is 18.3 Å². The molecule has 3 nitrogen and oxygen atoms in total. The zero-order valence-electron chi connectivity index (χ0n) is 6.03. The van der Waals surface area contributed by atoms with Crippen molar-refractivity contribution in [3.05, 3.63) is 29.8 Å². The number of pyridine rings is 1. The highest BCUT2D eigenvalue weighted by molar-refractivity contribution is 5.85. The van der Waals surface area contributed by atoms with Crippen LogP contribution in [-0.2, 0) is 11.2 Å². The van der Waals surface area contributed by atoms with Crippen LogP contribution < -0.4 is 0 Å². The third-order valence-electron chi connectivity index (χ3n) is 1.15. The molecule has 0 aromatic carbocycles. The standard InChI is InChI=1S/C7H6FNO2.ClH/c8-5-2-1-3-9-6(5)4-7(10)11;/h1-3H,4H2,(H,10,11);1H. The van der Waals surface area contributed by atoms with Crippen LogP contribution in [0.3, 0.4) is 0 Å². The number of hydrogen-bond acceptors (Lipinski definition) is 2. The molecule has 12 heavy (non-hydrogen) atoms. The van der Waals surface area contributed by atoms with Gasteiger partial charge in [0.05, 0.1) is 12.1 Å². The SMILES string of the molecule is Cl.O=C(O)Cc1ncccc1F. The fourth-order valence-corrected chi connectivity index (χ4v) is 0.692. The summed E-state index contributed by atoms with van der Waals surface area (Å²) in [5.74, 6) is -1.66. The van der Waals surface area contributed by atoms with E-state index in [-0.39, 0.29) is 24.5 Å². The summed E-state index contributed by atoms with van der Waals surface area (Å²) in [7, 11) is 0. The highest BCUT2D eigenvalue weighted by Gasteiger charge is 2.05. The lowest BCUT2D eigenvalue weighted by Crippen LogP contribution is -2.04. The number of rotatable bonds is 2. The zero-order chi connectivity index (χ0) is 8.27. The molecular weight excluding hydrogens is 185 g/mol. The fourth-order valence-electron chi connectivity index (χ4n) is 0.692. The minimum absolute atomic E-state index is 0. The maximum atomic E-state index is 12.6. The van der Waals surface area contributed by atoms with E-state index in [4.69, 9.17) is 5.11 Å². The minimum atomic E-state index is -1.08. The number of aliphatic carboxylic acids is 1. The summed E-state index contributed by atoms with van der Waals surface area (Å²) in [6, 6.07) is 2.60. The van der Waals surface area contributed by atoms with Gasteiger partial charge in [0.15, 0.2) is 0 Å². The number of carboxylic acids is 1. The van der Waals surface area contributed by atoms with E-state index in [9.17, 15) is 9.18 Å². The molecule has 0 saturated heterocycles. The molecule has 0 aliphatic heterocycles. The van der Waals surface area contributed by atoms with Crippen LogP contribution in [0.1, 0.15) is 5.69 Å². The smallest absolute Gasteiger partial charge is 0.309 e. The van der Waals surface area contributed by atoms with Crippen LogP contribution in [0.2, 0.25) is 0 Å². The van der Waals surface area contributed by atoms with Gasteiger partial charge in [-0.15, -0.1) is 12.4 Å². The van der Waals surface area contributed by atoms with Gasteiger partial charge in [-0.2, -0.15) is 0 Å². The maximum Gasteiger partial charge on any atom is 0.309 e. The van der Waals surface area contributed by atoms with E-state index >= 15 is 0 Å². The average molecular weight is 192 g/mol. The highest BCUT2D eigenvalue weighted by Crippen LogP contribution is 2.02. The third-order valence-corrected chi connectivity index (χ3v) is 1.15. The van der Waals surface area contributed by atoms with Gasteiger partial charge in [0.25, 0.3) is 0 Å². The first kappa shape index (κ1) is 10.8. The van der Waals surface area contributed by atoms with Crippen LogP contribution in [-0.4, -0.2) is 16.1 Å². The molecule has 0 spiro atoms. The summed E-state index contributed by atoms with van der Waals surface area (Å²) in [4.78, 5) is 13.7. The van der Waals surface area contributed by atoms with Crippen LogP contribution in [0.15, 0.2) is 18.3 Å². The normalized spacial score (nSPS) is 8.75. The van der Waals surface area contributed by atoms with E-state index in [0.717, 1.165) is 0 Å². The Morgan fingerprint density at radius 2 is 2.33 bits per heavy atom. The first-order chi connectivity index (χ1) is 5.20. The largest absolute Gasteiger partial charge is 0.481 e. The second-order valence-electron chi connectivity index (χ2n) is 2.00. The van der Waals surface area contributed by atoms with E-state index in [0.29, 0.717) is 0 Å². The third kappa shape index (κ3) is 2.84. The minimum Gasteiger partial charge on any atom is -0.481 e. The molecule has 1 aromatic heterocycles. The Morgan fingerprint density at radius 1 is 1.67 bits per heavy atom. The molecule has 0 fully saturated rings. The zero-order valence-corrected chi connectivity index (χ0v) is 6.84. The van der Waals surface area contributed by atoms with Crippen LogP contribution in [0.5, 0.6) is 0 Å². The van der Waals surface area contributed by atoms with Gasteiger partial charge in [-0.3, -0.25) is 9.78 Å². The second-order valence-corrected chi connectivity index (χ2v) is 2.00. The first-order valence-electron chi connectivity index (χ1n) is 3.01. The summed E-state index contributed by atoms with van der Waals surface area (Å²) < 4.78 is 12.6. The number of carbonyl (C=O) groups is 1. The van der Waals surface area contributed by atoms with Crippen molar-refractivity contribution in [2.75, 3.05) is 0 Å². The highest BCUT2D eigenvalue weighted by atomic mass is 35.5. The molecule has 0 unspecified atom stereocenters. The molecule has 66 valence electrons. The first-order valence-corrected chi connectivity index (χ1v) is 3.01. The quantitative estimate of drug-likeness (QED) is 0.766. The van der Waals surface area contributed by atoms with Gasteiger partial charge in [0, 0.05) is 6.20 Å². The van der Waals surface area contributed by atoms with Crippen molar-refractivity contribution in [1.29, 1.82) is 0 Å². The van der Waals surface area contributed by atoms with Gasteiger partial charge in [0.2, 0.25) is 0 Å². The lowest BCUT2D eigenvalue weighted by Gasteiger charge is -1.95. The summed E-state index contributed by atoms with van der Waals surface area (Å²) in [5, 5.41) is 8.28. The van der Waals surface area contributed by atoms with Crippen LogP contribution in [0.25, 0.3) is 0 Å². The Labute approximate surface area is 74.7 Å². The van der Waals surface area contributed by atoms with Crippen molar-refractivity contribution in [3.63, 3.8) is 0 Å². The lowest BCUT2D eigenvalue weighted by atomic mass is 10.2. The summed E-state index contributed by atoms with van der Waals surface area (Å²) in [6.45, 7) is 0. The molecule has 0 aliphatic carbocycles. The average Bonchev–Trinajstić information content (AvgIpc) is 1.93. The van der Waals surface area contributed by atoms with E-state index in [1.807, 2.05) is 0 Å². The number of carboxylic acid groups (broad SMARTS) is 1. The van der Waals surface area contributed by atoms with Crippen molar-refractivity contribution in [3.8, 4) is 0 Å². The molecule has 1 aromatic rings. The van der Waals surface area contributed by atoms with Gasteiger partial charge in [0.1, 0.15) is 5.82 Å². The predicted molar refractivity (Wildman–Crippen MR) is 42.8 cm³/mol. The topological polar surface area (TPSA) is 50.2 Å². The number of hydrogen-bond donors (Lipinski definition) is 1. The van der Waals surface area contributed by atoms with Crippen molar-refractivity contribution < 1.29 is 14.3 Å². The molecule has 0 saturated carbocycles. The Kier molecular flexibility index (Phi) is 4.21. The van der Waals surface area contributed by atoms with Crippen LogP contribution >= 0.6 is 12.4 Å². The lowest BCUT2D eigenvalue weighted by molar-refractivity contribution is -0.136. The summed E-state index contributed by atoms with van der Waals surface area (Å²) in [5.41, 5.74) is -0.0278.